The Hall–Kier alpha value is -0.630. The van der Waals surface area contributed by atoms with Crippen molar-refractivity contribution in [3.8, 4) is 0 Å². The molecule has 2 N–H and O–H groups in total. The highest BCUT2D eigenvalue weighted by Crippen LogP contribution is 2.28. The summed E-state index contributed by atoms with van der Waals surface area (Å²) >= 11 is 3.28. The largest absolute Gasteiger partial charge is 0.398 e. The van der Waals surface area contributed by atoms with Crippen molar-refractivity contribution in [3.05, 3.63) is 22.2 Å². The smallest absolute Gasteiger partial charge is 0.243 e. The van der Waals surface area contributed by atoms with E-state index in [2.05, 4.69) is 15.9 Å². The second kappa shape index (κ2) is 6.69. The van der Waals surface area contributed by atoms with Crippen LogP contribution in [0.3, 0.4) is 0 Å². The zero-order valence-electron chi connectivity index (χ0n) is 11.3. The Bertz CT molecular complexity index is 546. The molecule has 0 aliphatic rings. The van der Waals surface area contributed by atoms with Crippen molar-refractivity contribution in [2.75, 3.05) is 32.5 Å². The van der Waals surface area contributed by atoms with Gasteiger partial charge in [0.25, 0.3) is 0 Å². The van der Waals surface area contributed by atoms with Gasteiger partial charge in [0.2, 0.25) is 10.0 Å². The summed E-state index contributed by atoms with van der Waals surface area (Å²) in [5.41, 5.74) is 6.85. The lowest BCUT2D eigenvalue weighted by atomic mass is 10.2. The maximum Gasteiger partial charge on any atom is 0.243 e. The Morgan fingerprint density at radius 3 is 2.58 bits per heavy atom. The highest BCUT2D eigenvalue weighted by molar-refractivity contribution is 9.10. The van der Waals surface area contributed by atoms with Crippen LogP contribution in [0.4, 0.5) is 5.69 Å². The molecule has 0 amide bonds. The summed E-state index contributed by atoms with van der Waals surface area (Å²) in [6.07, 6.45) is 0. The van der Waals surface area contributed by atoms with Gasteiger partial charge in [0.15, 0.2) is 0 Å². The predicted molar refractivity (Wildman–Crippen MR) is 79.6 cm³/mol. The molecule has 0 spiro atoms. The van der Waals surface area contributed by atoms with Crippen molar-refractivity contribution >= 4 is 31.6 Å². The van der Waals surface area contributed by atoms with Gasteiger partial charge in [0.1, 0.15) is 0 Å². The molecular formula is C12H19BrN2O3S. The van der Waals surface area contributed by atoms with Gasteiger partial charge in [-0.25, -0.2) is 8.42 Å². The van der Waals surface area contributed by atoms with Gasteiger partial charge in [-0.05, 0) is 24.6 Å². The molecule has 0 saturated carbocycles. The number of nitrogens with zero attached hydrogens (tertiary/aromatic N) is 1. The first kappa shape index (κ1) is 16.4. The van der Waals surface area contributed by atoms with Gasteiger partial charge in [0, 0.05) is 30.4 Å². The predicted octanol–water partition coefficient (Wildman–Crippen LogP) is 2.00. The molecular weight excluding hydrogens is 332 g/mol. The zero-order chi connectivity index (χ0) is 14.6. The molecule has 1 rings (SSSR count). The van der Waals surface area contributed by atoms with Gasteiger partial charge in [-0.2, -0.15) is 4.31 Å². The molecule has 5 nitrogen and oxygen atoms in total. The highest BCUT2D eigenvalue weighted by atomic mass is 79.9. The van der Waals surface area contributed by atoms with E-state index in [1.807, 2.05) is 0 Å². The van der Waals surface area contributed by atoms with E-state index in [1.54, 1.807) is 33.1 Å². The molecule has 0 radical (unpaired) electrons. The molecule has 19 heavy (non-hydrogen) atoms. The van der Waals surface area contributed by atoms with Crippen molar-refractivity contribution < 1.29 is 13.2 Å². The minimum Gasteiger partial charge on any atom is -0.398 e. The second-order valence-corrected chi connectivity index (χ2v) is 6.93. The summed E-state index contributed by atoms with van der Waals surface area (Å²) in [7, 11) is -2.01. The normalized spacial score (nSPS) is 12.1. The lowest BCUT2D eigenvalue weighted by Crippen LogP contribution is -2.34. The van der Waals surface area contributed by atoms with E-state index >= 15 is 0 Å². The quantitative estimate of drug-likeness (QED) is 0.796. The SMILES string of the molecule is CCN(CCOC)S(=O)(=O)c1cc(Br)cc(N)c1C. The van der Waals surface area contributed by atoms with Crippen LogP contribution in [-0.2, 0) is 14.8 Å². The van der Waals surface area contributed by atoms with E-state index in [1.165, 1.54) is 4.31 Å². The van der Waals surface area contributed by atoms with E-state index in [0.29, 0.717) is 35.4 Å². The van der Waals surface area contributed by atoms with Gasteiger partial charge < -0.3 is 10.5 Å². The van der Waals surface area contributed by atoms with Crippen LogP contribution in [0.1, 0.15) is 12.5 Å². The topological polar surface area (TPSA) is 72.6 Å². The Labute approximate surface area is 122 Å². The Balaban J connectivity index is 3.25. The fourth-order valence-electron chi connectivity index (χ4n) is 1.72. The van der Waals surface area contributed by atoms with Gasteiger partial charge >= 0.3 is 0 Å². The number of halogens is 1. The minimum absolute atomic E-state index is 0.234. The summed E-state index contributed by atoms with van der Waals surface area (Å²) in [6.45, 7) is 4.57. The number of ether oxygens (including phenoxy) is 1. The number of sulfonamides is 1. The van der Waals surface area contributed by atoms with Crippen LogP contribution in [-0.4, -0.2) is 39.5 Å². The number of likely N-dealkylation sites (N-methyl/N-ethyl adjacent to an activating group) is 1. The first-order valence-electron chi connectivity index (χ1n) is 5.89. The van der Waals surface area contributed by atoms with Crippen LogP contribution < -0.4 is 5.73 Å². The van der Waals surface area contributed by atoms with Crippen LogP contribution in [0.5, 0.6) is 0 Å². The molecule has 0 bridgehead atoms. The standard InChI is InChI=1S/C12H19BrN2O3S/c1-4-15(5-6-18-3)19(16,17)12-8-10(13)7-11(14)9(12)2/h7-8H,4-6,14H2,1-3H3. The lowest BCUT2D eigenvalue weighted by Gasteiger charge is -2.21. The third kappa shape index (κ3) is 3.68. The van der Waals surface area contributed by atoms with Crippen molar-refractivity contribution in [1.82, 2.24) is 4.31 Å². The molecule has 7 heteroatoms. The maximum atomic E-state index is 12.6. The summed E-state index contributed by atoms with van der Waals surface area (Å²) in [5.74, 6) is 0. The van der Waals surface area contributed by atoms with Crippen molar-refractivity contribution in [3.63, 3.8) is 0 Å². The van der Waals surface area contributed by atoms with Crippen LogP contribution in [0.2, 0.25) is 0 Å². The van der Waals surface area contributed by atoms with Gasteiger partial charge in [-0.1, -0.05) is 22.9 Å². The third-order valence-electron chi connectivity index (χ3n) is 2.88. The summed E-state index contributed by atoms with van der Waals surface area (Å²) in [5, 5.41) is 0. The second-order valence-electron chi connectivity index (χ2n) is 4.11. The van der Waals surface area contributed by atoms with Crippen LogP contribution in [0, 0.1) is 6.92 Å². The molecule has 0 aromatic heterocycles. The summed E-state index contributed by atoms with van der Waals surface area (Å²) in [6, 6.07) is 3.27. The van der Waals surface area contributed by atoms with Crippen LogP contribution >= 0.6 is 15.9 Å². The summed E-state index contributed by atoms with van der Waals surface area (Å²) in [4.78, 5) is 0.234. The average molecular weight is 351 g/mol. The molecule has 0 fully saturated rings. The first-order valence-corrected chi connectivity index (χ1v) is 8.12. The lowest BCUT2D eigenvalue weighted by molar-refractivity contribution is 0.180. The molecule has 0 unspecified atom stereocenters. The maximum absolute atomic E-state index is 12.6. The van der Waals surface area contributed by atoms with Gasteiger partial charge in [-0.3, -0.25) is 0 Å². The van der Waals surface area contributed by atoms with Crippen LogP contribution in [0.15, 0.2) is 21.5 Å². The van der Waals surface area contributed by atoms with Gasteiger partial charge in [-0.15, -0.1) is 0 Å². The van der Waals surface area contributed by atoms with E-state index in [4.69, 9.17) is 10.5 Å². The Kier molecular flexibility index (Phi) is 5.79. The molecule has 1 aromatic carbocycles. The molecule has 108 valence electrons. The number of hydrogen-bond acceptors (Lipinski definition) is 4. The average Bonchev–Trinajstić information content (AvgIpc) is 2.34. The Morgan fingerprint density at radius 2 is 2.05 bits per heavy atom. The number of nitrogens with two attached hydrogens (primary N) is 1. The zero-order valence-corrected chi connectivity index (χ0v) is 13.7. The number of nitrogen functional groups attached to an aromatic ring is 1. The van der Waals surface area contributed by atoms with E-state index in [0.717, 1.165) is 0 Å². The molecule has 0 aliphatic carbocycles. The number of rotatable bonds is 6. The Morgan fingerprint density at radius 1 is 1.42 bits per heavy atom. The van der Waals surface area contributed by atoms with E-state index < -0.39 is 10.0 Å². The molecule has 0 heterocycles. The van der Waals surface area contributed by atoms with Crippen molar-refractivity contribution in [2.24, 2.45) is 0 Å². The van der Waals surface area contributed by atoms with Crippen molar-refractivity contribution in [2.45, 2.75) is 18.7 Å². The first-order chi connectivity index (χ1) is 8.84. The van der Waals surface area contributed by atoms with E-state index in [-0.39, 0.29) is 4.90 Å². The van der Waals surface area contributed by atoms with Crippen molar-refractivity contribution in [1.29, 1.82) is 0 Å². The fourth-order valence-corrected chi connectivity index (χ4v) is 4.06. The monoisotopic (exact) mass is 350 g/mol. The van der Waals surface area contributed by atoms with E-state index in [9.17, 15) is 8.42 Å². The number of methoxy groups -OCH3 is 1. The summed E-state index contributed by atoms with van der Waals surface area (Å²) < 4.78 is 32.1. The molecule has 0 saturated heterocycles. The molecule has 1 aromatic rings. The minimum atomic E-state index is -3.56. The number of anilines is 1. The van der Waals surface area contributed by atoms with Crippen LogP contribution in [0.25, 0.3) is 0 Å². The number of benzene rings is 1. The fraction of sp³-hybridized carbons (Fsp3) is 0.500. The number of hydrogen-bond donors (Lipinski definition) is 1. The third-order valence-corrected chi connectivity index (χ3v) is 5.44. The highest BCUT2D eigenvalue weighted by Gasteiger charge is 2.25. The molecule has 0 atom stereocenters. The molecule has 0 aliphatic heterocycles. The van der Waals surface area contributed by atoms with Gasteiger partial charge in [0.05, 0.1) is 11.5 Å².